The van der Waals surface area contributed by atoms with Crippen LogP contribution < -0.4 is 10.6 Å². The standard InChI is InChI=1S/C22H34N6/c1-17(2)27-11-8-21(9-12-27)26-22(23-4)25-15-19-6-5-7-20(14-19)16-28-13-10-24-18(28)3/h5-7,10,13-14,17,21H,8-9,11-12,15-16H2,1-4H3,(H2,23,25,26). The Balaban J connectivity index is 1.50. The van der Waals surface area contributed by atoms with Gasteiger partial charge in [0.15, 0.2) is 5.96 Å². The Morgan fingerprint density at radius 1 is 1.25 bits per heavy atom. The second kappa shape index (κ2) is 9.73. The zero-order valence-corrected chi connectivity index (χ0v) is 17.7. The molecule has 0 aliphatic carbocycles. The number of rotatable bonds is 6. The third-order valence-electron chi connectivity index (χ3n) is 5.55. The van der Waals surface area contributed by atoms with Crippen LogP contribution in [0.2, 0.25) is 0 Å². The summed E-state index contributed by atoms with van der Waals surface area (Å²) in [5, 5.41) is 7.06. The van der Waals surface area contributed by atoms with Gasteiger partial charge in [-0.05, 0) is 44.7 Å². The lowest BCUT2D eigenvalue weighted by molar-refractivity contribution is 0.167. The van der Waals surface area contributed by atoms with Gasteiger partial charge in [-0.25, -0.2) is 4.98 Å². The third kappa shape index (κ3) is 5.58. The van der Waals surface area contributed by atoms with Crippen molar-refractivity contribution in [3.63, 3.8) is 0 Å². The Morgan fingerprint density at radius 3 is 2.64 bits per heavy atom. The molecule has 2 N–H and O–H groups in total. The summed E-state index contributed by atoms with van der Waals surface area (Å²) in [5.41, 5.74) is 2.54. The second-order valence-electron chi connectivity index (χ2n) is 7.90. The molecular formula is C22H34N6. The van der Waals surface area contributed by atoms with Gasteiger partial charge in [0.05, 0.1) is 0 Å². The monoisotopic (exact) mass is 382 g/mol. The van der Waals surface area contributed by atoms with Crippen molar-refractivity contribution in [2.45, 2.75) is 58.8 Å². The van der Waals surface area contributed by atoms with Crippen LogP contribution in [0.3, 0.4) is 0 Å². The van der Waals surface area contributed by atoms with E-state index in [4.69, 9.17) is 0 Å². The van der Waals surface area contributed by atoms with E-state index in [0.29, 0.717) is 12.1 Å². The summed E-state index contributed by atoms with van der Waals surface area (Å²) in [6.07, 6.45) is 6.20. The molecule has 2 heterocycles. The number of hydrogen-bond donors (Lipinski definition) is 2. The average molecular weight is 383 g/mol. The highest BCUT2D eigenvalue weighted by Gasteiger charge is 2.21. The van der Waals surface area contributed by atoms with Crippen molar-refractivity contribution < 1.29 is 0 Å². The van der Waals surface area contributed by atoms with Gasteiger partial charge in [0, 0.05) is 57.7 Å². The molecule has 0 amide bonds. The molecule has 0 spiro atoms. The molecule has 6 heteroatoms. The van der Waals surface area contributed by atoms with Crippen molar-refractivity contribution in [3.8, 4) is 0 Å². The average Bonchev–Trinajstić information content (AvgIpc) is 3.10. The van der Waals surface area contributed by atoms with Crippen LogP contribution >= 0.6 is 0 Å². The maximum Gasteiger partial charge on any atom is 0.191 e. The SMILES string of the molecule is CN=C(NCc1cccc(Cn2ccnc2C)c1)NC1CCN(C(C)C)CC1. The number of nitrogens with zero attached hydrogens (tertiary/aromatic N) is 4. The summed E-state index contributed by atoms with van der Waals surface area (Å²) < 4.78 is 2.16. The molecular weight excluding hydrogens is 348 g/mol. The number of likely N-dealkylation sites (tertiary alicyclic amines) is 1. The Bertz CT molecular complexity index is 771. The Hall–Kier alpha value is -2.34. The van der Waals surface area contributed by atoms with Crippen molar-refractivity contribution in [3.05, 3.63) is 53.6 Å². The van der Waals surface area contributed by atoms with Crippen LogP contribution in [-0.2, 0) is 13.1 Å². The van der Waals surface area contributed by atoms with Crippen molar-refractivity contribution in [1.82, 2.24) is 25.1 Å². The number of aryl methyl sites for hydroxylation is 1. The van der Waals surface area contributed by atoms with Crippen LogP contribution in [0.5, 0.6) is 0 Å². The van der Waals surface area contributed by atoms with E-state index in [1.165, 1.54) is 24.0 Å². The fourth-order valence-corrected chi connectivity index (χ4v) is 3.74. The topological polar surface area (TPSA) is 57.5 Å². The number of benzene rings is 1. The van der Waals surface area contributed by atoms with Crippen LogP contribution in [0.15, 0.2) is 41.7 Å². The normalized spacial score (nSPS) is 16.5. The molecule has 1 saturated heterocycles. The lowest BCUT2D eigenvalue weighted by Crippen LogP contribution is -2.49. The first-order valence-corrected chi connectivity index (χ1v) is 10.3. The summed E-state index contributed by atoms with van der Waals surface area (Å²) in [6.45, 7) is 10.5. The number of aliphatic imine (C=N–C) groups is 1. The second-order valence-corrected chi connectivity index (χ2v) is 7.90. The van der Waals surface area contributed by atoms with Gasteiger partial charge in [0.25, 0.3) is 0 Å². The minimum absolute atomic E-state index is 0.497. The minimum atomic E-state index is 0.497. The van der Waals surface area contributed by atoms with Gasteiger partial charge < -0.3 is 20.1 Å². The maximum atomic E-state index is 4.41. The summed E-state index contributed by atoms with van der Waals surface area (Å²) in [6, 6.07) is 9.83. The van der Waals surface area contributed by atoms with Crippen LogP contribution in [0.1, 0.15) is 43.6 Å². The molecule has 2 aromatic rings. The highest BCUT2D eigenvalue weighted by atomic mass is 15.2. The lowest BCUT2D eigenvalue weighted by atomic mass is 10.0. The maximum absolute atomic E-state index is 4.41. The Kier molecular flexibility index (Phi) is 7.09. The number of hydrogen-bond acceptors (Lipinski definition) is 3. The van der Waals surface area contributed by atoms with E-state index in [1.807, 2.05) is 26.4 Å². The van der Waals surface area contributed by atoms with Gasteiger partial charge in [-0.2, -0.15) is 0 Å². The molecule has 0 radical (unpaired) electrons. The van der Waals surface area contributed by atoms with Crippen molar-refractivity contribution >= 4 is 5.96 Å². The molecule has 28 heavy (non-hydrogen) atoms. The predicted molar refractivity (Wildman–Crippen MR) is 116 cm³/mol. The molecule has 6 nitrogen and oxygen atoms in total. The number of guanidine groups is 1. The predicted octanol–water partition coefficient (Wildman–Crippen LogP) is 2.78. The highest BCUT2D eigenvalue weighted by Crippen LogP contribution is 2.13. The summed E-state index contributed by atoms with van der Waals surface area (Å²) in [7, 11) is 1.84. The molecule has 1 aromatic heterocycles. The number of piperidine rings is 1. The van der Waals surface area contributed by atoms with Crippen molar-refractivity contribution in [2.75, 3.05) is 20.1 Å². The molecule has 0 unspecified atom stereocenters. The number of aromatic nitrogens is 2. The van der Waals surface area contributed by atoms with E-state index in [2.05, 4.69) is 68.2 Å². The minimum Gasteiger partial charge on any atom is -0.354 e. The molecule has 1 fully saturated rings. The molecule has 152 valence electrons. The number of nitrogens with one attached hydrogen (secondary N) is 2. The zero-order valence-electron chi connectivity index (χ0n) is 17.7. The first-order chi connectivity index (χ1) is 13.5. The molecule has 1 aliphatic heterocycles. The van der Waals surface area contributed by atoms with Crippen molar-refractivity contribution in [2.24, 2.45) is 4.99 Å². The van der Waals surface area contributed by atoms with Gasteiger partial charge in [-0.15, -0.1) is 0 Å². The van der Waals surface area contributed by atoms with Crippen LogP contribution in [0.25, 0.3) is 0 Å². The van der Waals surface area contributed by atoms with E-state index in [9.17, 15) is 0 Å². The van der Waals surface area contributed by atoms with E-state index >= 15 is 0 Å². The van der Waals surface area contributed by atoms with Gasteiger partial charge in [-0.1, -0.05) is 24.3 Å². The molecule has 0 atom stereocenters. The summed E-state index contributed by atoms with van der Waals surface area (Å²) in [4.78, 5) is 11.3. The van der Waals surface area contributed by atoms with E-state index in [0.717, 1.165) is 38.0 Å². The summed E-state index contributed by atoms with van der Waals surface area (Å²) in [5.74, 6) is 1.93. The first kappa shape index (κ1) is 20.4. The molecule has 0 saturated carbocycles. The first-order valence-electron chi connectivity index (χ1n) is 10.3. The third-order valence-corrected chi connectivity index (χ3v) is 5.55. The van der Waals surface area contributed by atoms with Gasteiger partial charge >= 0.3 is 0 Å². The molecule has 0 bridgehead atoms. The highest BCUT2D eigenvalue weighted by molar-refractivity contribution is 5.79. The van der Waals surface area contributed by atoms with E-state index in [1.54, 1.807) is 0 Å². The summed E-state index contributed by atoms with van der Waals surface area (Å²) >= 11 is 0. The molecule has 3 rings (SSSR count). The van der Waals surface area contributed by atoms with Crippen LogP contribution in [0.4, 0.5) is 0 Å². The van der Waals surface area contributed by atoms with Gasteiger partial charge in [0.2, 0.25) is 0 Å². The smallest absolute Gasteiger partial charge is 0.191 e. The largest absolute Gasteiger partial charge is 0.354 e. The van der Waals surface area contributed by atoms with Gasteiger partial charge in [0.1, 0.15) is 5.82 Å². The Labute approximate surface area is 169 Å². The zero-order chi connectivity index (χ0) is 19.9. The van der Waals surface area contributed by atoms with E-state index < -0.39 is 0 Å². The molecule has 1 aliphatic rings. The van der Waals surface area contributed by atoms with Gasteiger partial charge in [-0.3, -0.25) is 4.99 Å². The van der Waals surface area contributed by atoms with Crippen LogP contribution in [-0.4, -0.2) is 52.6 Å². The molecule has 1 aromatic carbocycles. The van der Waals surface area contributed by atoms with E-state index in [-0.39, 0.29) is 0 Å². The fraction of sp³-hybridized carbons (Fsp3) is 0.545. The fourth-order valence-electron chi connectivity index (χ4n) is 3.74. The van der Waals surface area contributed by atoms with Crippen LogP contribution in [0, 0.1) is 6.92 Å². The lowest BCUT2D eigenvalue weighted by Gasteiger charge is -2.35. The number of imidazole rings is 1. The van der Waals surface area contributed by atoms with Crippen molar-refractivity contribution in [1.29, 1.82) is 0 Å². The quantitative estimate of drug-likeness (QED) is 0.596. The Morgan fingerprint density at radius 2 is 2.00 bits per heavy atom.